The third-order valence-electron chi connectivity index (χ3n) is 2.67. The summed E-state index contributed by atoms with van der Waals surface area (Å²) in [6.07, 6.45) is 5.61. The predicted octanol–water partition coefficient (Wildman–Crippen LogP) is 0.803. The summed E-state index contributed by atoms with van der Waals surface area (Å²) in [6, 6.07) is 0.242. The Morgan fingerprint density at radius 2 is 2.44 bits per heavy atom. The minimum Gasteiger partial charge on any atom is -0.477 e. The summed E-state index contributed by atoms with van der Waals surface area (Å²) in [5.74, 6) is 1.44. The second-order valence-corrected chi connectivity index (χ2v) is 4.00. The Labute approximate surface area is 95.6 Å². The molecule has 1 aliphatic heterocycles. The maximum atomic E-state index is 5.94. The van der Waals surface area contributed by atoms with Crippen molar-refractivity contribution in [2.75, 3.05) is 24.6 Å². The number of hydrogen-bond donors (Lipinski definition) is 1. The van der Waals surface area contributed by atoms with E-state index in [0.29, 0.717) is 12.5 Å². The normalized spacial score (nSPS) is 20.9. The molecule has 1 aromatic rings. The van der Waals surface area contributed by atoms with Crippen LogP contribution < -0.4 is 15.4 Å². The van der Waals surface area contributed by atoms with Crippen LogP contribution in [0.5, 0.6) is 5.88 Å². The molecule has 2 rings (SSSR count). The number of anilines is 1. The molecule has 0 aromatic carbocycles. The highest BCUT2D eigenvalue weighted by Crippen LogP contribution is 2.18. The summed E-state index contributed by atoms with van der Waals surface area (Å²) < 4.78 is 5.33. The van der Waals surface area contributed by atoms with Crippen LogP contribution in [0.15, 0.2) is 12.4 Å². The average Bonchev–Trinajstić information content (AvgIpc) is 2.30. The van der Waals surface area contributed by atoms with E-state index >= 15 is 0 Å². The van der Waals surface area contributed by atoms with Gasteiger partial charge in [-0.3, -0.25) is 4.98 Å². The minimum absolute atomic E-state index is 0.242. The van der Waals surface area contributed by atoms with Gasteiger partial charge in [-0.15, -0.1) is 0 Å². The summed E-state index contributed by atoms with van der Waals surface area (Å²) in [5.41, 5.74) is 5.94. The lowest BCUT2D eigenvalue weighted by molar-refractivity contribution is 0.325. The molecule has 16 heavy (non-hydrogen) atoms. The van der Waals surface area contributed by atoms with Crippen molar-refractivity contribution in [2.24, 2.45) is 5.73 Å². The highest BCUT2D eigenvalue weighted by atomic mass is 16.5. The smallest absolute Gasteiger partial charge is 0.234 e. The van der Waals surface area contributed by atoms with E-state index in [1.165, 1.54) is 0 Å². The number of nitrogens with zero attached hydrogens (tertiary/aromatic N) is 3. The van der Waals surface area contributed by atoms with Crippen LogP contribution in [0.4, 0.5) is 5.82 Å². The largest absolute Gasteiger partial charge is 0.477 e. The number of aromatic nitrogens is 2. The number of nitrogens with two attached hydrogens (primary N) is 1. The standard InChI is InChI=1S/C11H18N4O/c1-2-16-11-7-13-6-10(14-11)15-5-3-4-9(12)8-15/h6-7,9H,2-5,8,12H2,1H3. The first kappa shape index (κ1) is 11.1. The summed E-state index contributed by atoms with van der Waals surface area (Å²) in [5, 5.41) is 0. The molecule has 0 spiro atoms. The van der Waals surface area contributed by atoms with Gasteiger partial charge in [0.2, 0.25) is 5.88 Å². The quantitative estimate of drug-likeness (QED) is 0.819. The van der Waals surface area contributed by atoms with Crippen LogP contribution in [0.3, 0.4) is 0 Å². The Morgan fingerprint density at radius 3 is 3.19 bits per heavy atom. The number of piperidine rings is 1. The van der Waals surface area contributed by atoms with Gasteiger partial charge < -0.3 is 15.4 Å². The first-order valence-electron chi connectivity index (χ1n) is 5.75. The highest BCUT2D eigenvalue weighted by Gasteiger charge is 2.18. The second kappa shape index (κ2) is 5.12. The van der Waals surface area contributed by atoms with Crippen molar-refractivity contribution in [3.63, 3.8) is 0 Å². The number of rotatable bonds is 3. The molecule has 2 N–H and O–H groups in total. The van der Waals surface area contributed by atoms with Crippen LogP contribution in [0.2, 0.25) is 0 Å². The topological polar surface area (TPSA) is 64.3 Å². The fourth-order valence-electron chi connectivity index (χ4n) is 1.93. The molecule has 0 radical (unpaired) electrons. The lowest BCUT2D eigenvalue weighted by atomic mass is 10.1. The molecule has 1 fully saturated rings. The second-order valence-electron chi connectivity index (χ2n) is 4.00. The van der Waals surface area contributed by atoms with Gasteiger partial charge in [-0.25, -0.2) is 0 Å². The van der Waals surface area contributed by atoms with E-state index in [0.717, 1.165) is 31.7 Å². The van der Waals surface area contributed by atoms with Gasteiger partial charge in [0.05, 0.1) is 19.0 Å². The lowest BCUT2D eigenvalue weighted by Gasteiger charge is -2.31. The van der Waals surface area contributed by atoms with Gasteiger partial charge in [-0.1, -0.05) is 0 Å². The van der Waals surface area contributed by atoms with Crippen molar-refractivity contribution in [3.05, 3.63) is 12.4 Å². The SMILES string of the molecule is CCOc1cncc(N2CCCC(N)C2)n1. The average molecular weight is 222 g/mol. The van der Waals surface area contributed by atoms with Crippen molar-refractivity contribution >= 4 is 5.82 Å². The summed E-state index contributed by atoms with van der Waals surface area (Å²) in [7, 11) is 0. The van der Waals surface area contributed by atoms with Gasteiger partial charge in [-0.2, -0.15) is 4.98 Å². The monoisotopic (exact) mass is 222 g/mol. The molecular formula is C11H18N4O. The Balaban J connectivity index is 2.09. The van der Waals surface area contributed by atoms with Crippen LogP contribution in [-0.2, 0) is 0 Å². The van der Waals surface area contributed by atoms with Crippen molar-refractivity contribution in [2.45, 2.75) is 25.8 Å². The van der Waals surface area contributed by atoms with E-state index in [4.69, 9.17) is 10.5 Å². The molecule has 1 saturated heterocycles. The van der Waals surface area contributed by atoms with E-state index in [-0.39, 0.29) is 6.04 Å². The van der Waals surface area contributed by atoms with E-state index in [9.17, 15) is 0 Å². The Morgan fingerprint density at radius 1 is 1.56 bits per heavy atom. The summed E-state index contributed by atoms with van der Waals surface area (Å²) >= 11 is 0. The third kappa shape index (κ3) is 2.61. The Bertz CT molecular complexity index is 345. The van der Waals surface area contributed by atoms with Gasteiger partial charge in [0.1, 0.15) is 0 Å². The first-order valence-corrected chi connectivity index (χ1v) is 5.75. The Kier molecular flexibility index (Phi) is 3.56. The van der Waals surface area contributed by atoms with Gasteiger partial charge in [-0.05, 0) is 19.8 Å². The molecular weight excluding hydrogens is 204 g/mol. The van der Waals surface area contributed by atoms with Crippen LogP contribution in [-0.4, -0.2) is 35.7 Å². The molecule has 1 aromatic heterocycles. The number of hydrogen-bond acceptors (Lipinski definition) is 5. The van der Waals surface area contributed by atoms with Crippen LogP contribution in [0.25, 0.3) is 0 Å². The van der Waals surface area contributed by atoms with Crippen LogP contribution in [0.1, 0.15) is 19.8 Å². The maximum Gasteiger partial charge on any atom is 0.234 e. The highest BCUT2D eigenvalue weighted by molar-refractivity contribution is 5.38. The summed E-state index contributed by atoms with van der Waals surface area (Å²) in [4.78, 5) is 10.7. The predicted molar refractivity (Wildman–Crippen MR) is 62.6 cm³/mol. The molecule has 0 bridgehead atoms. The fraction of sp³-hybridized carbons (Fsp3) is 0.636. The molecule has 88 valence electrons. The van der Waals surface area contributed by atoms with Crippen molar-refractivity contribution in [3.8, 4) is 5.88 Å². The summed E-state index contributed by atoms with van der Waals surface area (Å²) in [6.45, 7) is 4.39. The first-order chi connectivity index (χ1) is 7.79. The van der Waals surface area contributed by atoms with Gasteiger partial charge in [0, 0.05) is 19.1 Å². The van der Waals surface area contributed by atoms with Crippen molar-refractivity contribution in [1.29, 1.82) is 0 Å². The van der Waals surface area contributed by atoms with Gasteiger partial charge in [0.15, 0.2) is 5.82 Å². The van der Waals surface area contributed by atoms with E-state index in [1.54, 1.807) is 12.4 Å². The zero-order valence-electron chi connectivity index (χ0n) is 9.59. The van der Waals surface area contributed by atoms with Gasteiger partial charge in [0.25, 0.3) is 0 Å². The van der Waals surface area contributed by atoms with Crippen molar-refractivity contribution < 1.29 is 4.74 Å². The third-order valence-corrected chi connectivity index (χ3v) is 2.67. The molecule has 2 heterocycles. The zero-order chi connectivity index (χ0) is 11.4. The molecule has 5 heteroatoms. The van der Waals surface area contributed by atoms with Crippen LogP contribution in [0, 0.1) is 0 Å². The van der Waals surface area contributed by atoms with Crippen molar-refractivity contribution in [1.82, 2.24) is 9.97 Å². The van der Waals surface area contributed by atoms with Gasteiger partial charge >= 0.3 is 0 Å². The molecule has 0 saturated carbocycles. The minimum atomic E-state index is 0.242. The van der Waals surface area contributed by atoms with E-state index < -0.39 is 0 Å². The maximum absolute atomic E-state index is 5.94. The fourth-order valence-corrected chi connectivity index (χ4v) is 1.93. The molecule has 1 aliphatic rings. The molecule has 0 aliphatic carbocycles. The zero-order valence-corrected chi connectivity index (χ0v) is 9.59. The van der Waals surface area contributed by atoms with E-state index in [1.807, 2.05) is 6.92 Å². The molecule has 5 nitrogen and oxygen atoms in total. The molecule has 1 atom stereocenters. The van der Waals surface area contributed by atoms with E-state index in [2.05, 4.69) is 14.9 Å². The Hall–Kier alpha value is -1.36. The molecule has 1 unspecified atom stereocenters. The number of ether oxygens (including phenoxy) is 1. The van der Waals surface area contributed by atoms with Crippen LogP contribution >= 0.6 is 0 Å². The lowest BCUT2D eigenvalue weighted by Crippen LogP contribution is -2.43. The molecule has 0 amide bonds.